The molecule has 4 amide bonds. The minimum absolute atomic E-state index is 0.0333. The highest BCUT2D eigenvalue weighted by molar-refractivity contribution is 6.08. The zero-order valence-electron chi connectivity index (χ0n) is 15.6. The van der Waals surface area contributed by atoms with Gasteiger partial charge in [-0.3, -0.25) is 15.0 Å². The Balaban J connectivity index is 1.68. The van der Waals surface area contributed by atoms with Crippen LogP contribution in [-0.2, 0) is 9.59 Å². The fourth-order valence-corrected chi connectivity index (χ4v) is 3.74. The number of benzene rings is 1. The summed E-state index contributed by atoms with van der Waals surface area (Å²) in [5, 5.41) is 3.56. The number of urea groups is 1. The molecule has 0 atom stereocenters. The van der Waals surface area contributed by atoms with Crippen molar-refractivity contribution in [2.45, 2.75) is 57.5 Å². The number of hydrogen-bond donors (Lipinski definition) is 2. The van der Waals surface area contributed by atoms with Crippen molar-refractivity contribution in [2.75, 3.05) is 11.4 Å². The van der Waals surface area contributed by atoms with Gasteiger partial charge in [0.25, 0.3) is 11.8 Å². The van der Waals surface area contributed by atoms with Crippen molar-refractivity contribution in [1.82, 2.24) is 15.8 Å². The van der Waals surface area contributed by atoms with E-state index in [0.29, 0.717) is 18.5 Å². The van der Waals surface area contributed by atoms with Crippen molar-refractivity contribution < 1.29 is 18.8 Å². The van der Waals surface area contributed by atoms with Crippen LogP contribution in [0.4, 0.5) is 14.9 Å². The first-order valence-electron chi connectivity index (χ1n) is 9.31. The van der Waals surface area contributed by atoms with Gasteiger partial charge in [-0.25, -0.2) is 9.18 Å². The van der Waals surface area contributed by atoms with E-state index in [4.69, 9.17) is 0 Å². The van der Waals surface area contributed by atoms with Gasteiger partial charge in [-0.1, -0.05) is 19.3 Å². The van der Waals surface area contributed by atoms with Gasteiger partial charge in [0.05, 0.1) is 6.54 Å². The van der Waals surface area contributed by atoms with Crippen LogP contribution in [0.3, 0.4) is 0 Å². The third kappa shape index (κ3) is 3.89. The summed E-state index contributed by atoms with van der Waals surface area (Å²) in [5.74, 6) is -1.23. The zero-order valence-corrected chi connectivity index (χ0v) is 15.6. The van der Waals surface area contributed by atoms with Gasteiger partial charge in [-0.15, -0.1) is 0 Å². The van der Waals surface area contributed by atoms with Gasteiger partial charge in [0.1, 0.15) is 11.4 Å². The maximum absolute atomic E-state index is 13.2. The molecule has 27 heavy (non-hydrogen) atoms. The largest absolute Gasteiger partial charge is 0.360 e. The molecule has 1 aliphatic heterocycles. The minimum Gasteiger partial charge on any atom is -0.360 e. The van der Waals surface area contributed by atoms with Crippen molar-refractivity contribution in [1.29, 1.82) is 0 Å². The number of hydrogen-bond acceptors (Lipinski definition) is 4. The maximum atomic E-state index is 13.2. The van der Waals surface area contributed by atoms with Gasteiger partial charge in [0.2, 0.25) is 0 Å². The topological polar surface area (TPSA) is 81.8 Å². The molecule has 0 unspecified atom stereocenters. The third-order valence-electron chi connectivity index (χ3n) is 5.20. The molecular formula is C19H25FN4O3. The Kier molecular flexibility index (Phi) is 5.34. The van der Waals surface area contributed by atoms with E-state index in [1.165, 1.54) is 12.1 Å². The highest BCUT2D eigenvalue weighted by Gasteiger charge is 2.52. The van der Waals surface area contributed by atoms with E-state index in [1.807, 2.05) is 13.8 Å². The Hall–Kier alpha value is -2.64. The van der Waals surface area contributed by atoms with Crippen molar-refractivity contribution in [3.05, 3.63) is 30.1 Å². The lowest BCUT2D eigenvalue weighted by molar-refractivity contribution is -0.139. The SMILES string of the molecule is CC(C)N(CC(=O)NN1C(=O)NC2(CCCCC2)C1=O)c1ccc(F)cc1. The molecule has 1 saturated carbocycles. The smallest absolute Gasteiger partial charge is 0.344 e. The average molecular weight is 376 g/mol. The van der Waals surface area contributed by atoms with Crippen LogP contribution in [0, 0.1) is 5.82 Å². The molecule has 1 spiro atoms. The summed E-state index contributed by atoms with van der Waals surface area (Å²) in [6.07, 6.45) is 3.98. The quantitative estimate of drug-likeness (QED) is 0.773. The van der Waals surface area contributed by atoms with Gasteiger partial charge in [-0.05, 0) is 51.0 Å². The van der Waals surface area contributed by atoms with Crippen LogP contribution in [0.5, 0.6) is 0 Å². The number of carbonyl (C=O) groups is 3. The number of nitrogens with zero attached hydrogens (tertiary/aromatic N) is 2. The van der Waals surface area contributed by atoms with Gasteiger partial charge in [-0.2, -0.15) is 5.01 Å². The van der Waals surface area contributed by atoms with Crippen LogP contribution in [0.2, 0.25) is 0 Å². The molecule has 1 aliphatic carbocycles. The lowest BCUT2D eigenvalue weighted by Gasteiger charge is -2.31. The molecule has 1 heterocycles. The molecule has 0 bridgehead atoms. The van der Waals surface area contributed by atoms with Crippen LogP contribution in [0.15, 0.2) is 24.3 Å². The fraction of sp³-hybridized carbons (Fsp3) is 0.526. The zero-order chi connectivity index (χ0) is 19.6. The summed E-state index contributed by atoms with van der Waals surface area (Å²) in [4.78, 5) is 39.3. The van der Waals surface area contributed by atoms with Crippen LogP contribution in [0.25, 0.3) is 0 Å². The molecule has 2 fully saturated rings. The Labute approximate surface area is 157 Å². The molecule has 2 N–H and O–H groups in total. The second-order valence-corrected chi connectivity index (χ2v) is 7.45. The van der Waals surface area contributed by atoms with Gasteiger partial charge >= 0.3 is 6.03 Å². The second kappa shape index (κ2) is 7.54. The van der Waals surface area contributed by atoms with Crippen molar-refractivity contribution >= 4 is 23.5 Å². The second-order valence-electron chi connectivity index (χ2n) is 7.45. The van der Waals surface area contributed by atoms with Crippen molar-refractivity contribution in [3.8, 4) is 0 Å². The standard InChI is InChI=1S/C19H25FN4O3/c1-13(2)23(15-8-6-14(20)7-9-15)12-16(25)22-24-17(26)19(21-18(24)27)10-4-3-5-11-19/h6-9,13H,3-5,10-12H2,1-2H3,(H,21,27)(H,22,25). The Morgan fingerprint density at radius 1 is 1.22 bits per heavy atom. The van der Waals surface area contributed by atoms with E-state index in [9.17, 15) is 18.8 Å². The van der Waals surface area contributed by atoms with Crippen LogP contribution in [-0.4, -0.2) is 41.0 Å². The summed E-state index contributed by atoms with van der Waals surface area (Å²) >= 11 is 0. The predicted molar refractivity (Wildman–Crippen MR) is 98.2 cm³/mol. The van der Waals surface area contributed by atoms with Crippen molar-refractivity contribution in [3.63, 3.8) is 0 Å². The summed E-state index contributed by atoms with van der Waals surface area (Å²) in [6, 6.07) is 5.21. The number of carbonyl (C=O) groups excluding carboxylic acids is 3. The van der Waals surface area contributed by atoms with Gasteiger partial charge < -0.3 is 10.2 Å². The predicted octanol–water partition coefficient (Wildman–Crippen LogP) is 2.33. The molecule has 1 saturated heterocycles. The maximum Gasteiger partial charge on any atom is 0.344 e. The third-order valence-corrected chi connectivity index (χ3v) is 5.20. The number of rotatable bonds is 5. The number of imide groups is 1. The number of amides is 4. The van der Waals surface area contributed by atoms with Crippen molar-refractivity contribution in [2.24, 2.45) is 0 Å². The monoisotopic (exact) mass is 376 g/mol. The number of nitrogens with one attached hydrogen (secondary N) is 2. The summed E-state index contributed by atoms with van der Waals surface area (Å²) in [6.45, 7) is 3.75. The molecule has 146 valence electrons. The first-order chi connectivity index (χ1) is 12.8. The molecule has 0 aromatic heterocycles. The number of halogens is 1. The summed E-state index contributed by atoms with van der Waals surface area (Å²) in [7, 11) is 0. The lowest BCUT2D eigenvalue weighted by Crippen LogP contribution is -2.53. The molecule has 1 aromatic carbocycles. The number of anilines is 1. The summed E-state index contributed by atoms with van der Waals surface area (Å²) < 4.78 is 13.2. The van der Waals surface area contributed by atoms with Gasteiger partial charge in [0.15, 0.2) is 0 Å². The molecule has 1 aromatic rings. The molecule has 8 heteroatoms. The van der Waals surface area contributed by atoms with E-state index >= 15 is 0 Å². The lowest BCUT2D eigenvalue weighted by atomic mass is 9.82. The Morgan fingerprint density at radius 3 is 2.44 bits per heavy atom. The van der Waals surface area contributed by atoms with E-state index in [-0.39, 0.29) is 18.4 Å². The highest BCUT2D eigenvalue weighted by atomic mass is 19.1. The molecule has 2 aliphatic rings. The molecule has 3 rings (SSSR count). The normalized spacial score (nSPS) is 18.7. The highest BCUT2D eigenvalue weighted by Crippen LogP contribution is 2.33. The Bertz CT molecular complexity index is 729. The van der Waals surface area contributed by atoms with Crippen LogP contribution < -0.4 is 15.6 Å². The first kappa shape index (κ1) is 19.1. The fourth-order valence-electron chi connectivity index (χ4n) is 3.74. The van der Waals surface area contributed by atoms with E-state index in [0.717, 1.165) is 24.3 Å². The molecule has 7 nitrogen and oxygen atoms in total. The van der Waals surface area contributed by atoms with E-state index in [2.05, 4.69) is 10.7 Å². The minimum atomic E-state index is -0.878. The molecular weight excluding hydrogens is 351 g/mol. The average Bonchev–Trinajstić information content (AvgIpc) is 2.85. The Morgan fingerprint density at radius 2 is 1.85 bits per heavy atom. The van der Waals surface area contributed by atoms with Crippen LogP contribution in [0.1, 0.15) is 46.0 Å². The van der Waals surface area contributed by atoms with E-state index in [1.54, 1.807) is 17.0 Å². The first-order valence-corrected chi connectivity index (χ1v) is 9.31. The summed E-state index contributed by atoms with van der Waals surface area (Å²) in [5.41, 5.74) is 2.24. The number of hydrazine groups is 1. The van der Waals surface area contributed by atoms with E-state index < -0.39 is 23.4 Å². The molecule has 0 radical (unpaired) electrons. The van der Waals surface area contributed by atoms with Gasteiger partial charge in [0, 0.05) is 11.7 Å². The van der Waals surface area contributed by atoms with Crippen LogP contribution >= 0.6 is 0 Å².